The van der Waals surface area contributed by atoms with Crippen LogP contribution in [0.15, 0.2) is 36.9 Å². The molecule has 0 unspecified atom stereocenters. The van der Waals surface area contributed by atoms with E-state index in [0.29, 0.717) is 13.0 Å². The van der Waals surface area contributed by atoms with Gasteiger partial charge >= 0.3 is 0 Å². The predicted octanol–water partition coefficient (Wildman–Crippen LogP) is 2.32. The first-order valence-electron chi connectivity index (χ1n) is 5.77. The van der Waals surface area contributed by atoms with Crippen LogP contribution in [0.25, 0.3) is 0 Å². The van der Waals surface area contributed by atoms with Crippen LogP contribution in [0.1, 0.15) is 18.4 Å². The Morgan fingerprint density at radius 3 is 3.06 bits per heavy atom. The number of ether oxygens (including phenoxy) is 1. The number of allylic oxidation sites excluding steroid dienone is 1. The SMILES string of the molecule is C=CCCC(=O)NCCc1cccc(OC)c1. The zero-order chi connectivity index (χ0) is 12.5. The number of hydrogen-bond acceptors (Lipinski definition) is 2. The lowest BCUT2D eigenvalue weighted by Crippen LogP contribution is -2.25. The molecule has 0 saturated heterocycles. The van der Waals surface area contributed by atoms with Crippen LogP contribution in [-0.2, 0) is 11.2 Å². The van der Waals surface area contributed by atoms with E-state index < -0.39 is 0 Å². The highest BCUT2D eigenvalue weighted by atomic mass is 16.5. The van der Waals surface area contributed by atoms with Gasteiger partial charge in [-0.25, -0.2) is 0 Å². The summed E-state index contributed by atoms with van der Waals surface area (Å²) in [6.07, 6.45) is 3.81. The van der Waals surface area contributed by atoms with Gasteiger partial charge in [0.15, 0.2) is 0 Å². The molecule has 0 spiro atoms. The fourth-order valence-corrected chi connectivity index (χ4v) is 1.50. The van der Waals surface area contributed by atoms with Crippen molar-refractivity contribution in [2.24, 2.45) is 0 Å². The molecule has 92 valence electrons. The van der Waals surface area contributed by atoms with Crippen molar-refractivity contribution in [1.29, 1.82) is 0 Å². The maximum atomic E-state index is 11.3. The van der Waals surface area contributed by atoms with E-state index in [0.717, 1.165) is 24.2 Å². The van der Waals surface area contributed by atoms with Crippen LogP contribution in [0.4, 0.5) is 0 Å². The van der Waals surface area contributed by atoms with Crippen LogP contribution in [0.5, 0.6) is 5.75 Å². The highest BCUT2D eigenvalue weighted by molar-refractivity contribution is 5.75. The number of carbonyl (C=O) groups is 1. The summed E-state index contributed by atoms with van der Waals surface area (Å²) in [6, 6.07) is 7.87. The molecule has 0 aliphatic rings. The van der Waals surface area contributed by atoms with Gasteiger partial charge in [0.1, 0.15) is 5.75 Å². The number of hydrogen-bond donors (Lipinski definition) is 1. The maximum absolute atomic E-state index is 11.3. The third kappa shape index (κ3) is 5.20. The zero-order valence-corrected chi connectivity index (χ0v) is 10.2. The summed E-state index contributed by atoms with van der Waals surface area (Å²) >= 11 is 0. The fourth-order valence-electron chi connectivity index (χ4n) is 1.50. The second-order valence-electron chi connectivity index (χ2n) is 3.78. The van der Waals surface area contributed by atoms with E-state index in [-0.39, 0.29) is 5.91 Å². The number of rotatable bonds is 7. The molecule has 0 fully saturated rings. The Balaban J connectivity index is 2.30. The minimum absolute atomic E-state index is 0.0767. The molecule has 1 rings (SSSR count). The largest absolute Gasteiger partial charge is 0.497 e. The van der Waals surface area contributed by atoms with Crippen LogP contribution >= 0.6 is 0 Å². The average Bonchev–Trinajstić information content (AvgIpc) is 2.36. The summed E-state index contributed by atoms with van der Waals surface area (Å²) in [4.78, 5) is 11.3. The molecule has 3 heteroatoms. The number of nitrogens with one attached hydrogen (secondary N) is 1. The lowest BCUT2D eigenvalue weighted by atomic mass is 10.1. The van der Waals surface area contributed by atoms with Gasteiger partial charge in [-0.15, -0.1) is 6.58 Å². The molecule has 17 heavy (non-hydrogen) atoms. The van der Waals surface area contributed by atoms with Crippen LogP contribution in [0.2, 0.25) is 0 Å². The van der Waals surface area contributed by atoms with Crippen LogP contribution in [0, 0.1) is 0 Å². The number of carbonyl (C=O) groups excluding carboxylic acids is 1. The van der Waals surface area contributed by atoms with E-state index >= 15 is 0 Å². The minimum Gasteiger partial charge on any atom is -0.497 e. The molecule has 0 atom stereocenters. The van der Waals surface area contributed by atoms with Gasteiger partial charge in [0.05, 0.1) is 7.11 Å². The average molecular weight is 233 g/mol. The minimum atomic E-state index is 0.0767. The van der Waals surface area contributed by atoms with Gasteiger partial charge in [-0.1, -0.05) is 18.2 Å². The first-order valence-corrected chi connectivity index (χ1v) is 5.77. The smallest absolute Gasteiger partial charge is 0.220 e. The van der Waals surface area contributed by atoms with E-state index in [4.69, 9.17) is 4.74 Å². The topological polar surface area (TPSA) is 38.3 Å². The summed E-state index contributed by atoms with van der Waals surface area (Å²) in [5.41, 5.74) is 1.16. The van der Waals surface area contributed by atoms with Crippen LogP contribution < -0.4 is 10.1 Å². The molecule has 1 amide bonds. The fraction of sp³-hybridized carbons (Fsp3) is 0.357. The molecular weight excluding hydrogens is 214 g/mol. The Labute approximate surface area is 102 Å². The van der Waals surface area contributed by atoms with Gasteiger partial charge in [0.2, 0.25) is 5.91 Å². The van der Waals surface area contributed by atoms with Gasteiger partial charge in [0, 0.05) is 13.0 Å². The lowest BCUT2D eigenvalue weighted by molar-refractivity contribution is -0.120. The Bertz CT molecular complexity index is 374. The van der Waals surface area contributed by atoms with Gasteiger partial charge in [-0.05, 0) is 30.5 Å². The number of methoxy groups -OCH3 is 1. The maximum Gasteiger partial charge on any atom is 0.220 e. The Morgan fingerprint density at radius 2 is 2.35 bits per heavy atom. The van der Waals surface area contributed by atoms with Gasteiger partial charge < -0.3 is 10.1 Å². The van der Waals surface area contributed by atoms with Gasteiger partial charge in [-0.3, -0.25) is 4.79 Å². The van der Waals surface area contributed by atoms with E-state index in [1.807, 2.05) is 24.3 Å². The third-order valence-electron chi connectivity index (χ3n) is 2.45. The first kappa shape index (κ1) is 13.3. The molecule has 0 aliphatic heterocycles. The van der Waals surface area contributed by atoms with Crippen molar-refractivity contribution >= 4 is 5.91 Å². The second kappa shape index (κ2) is 7.49. The second-order valence-corrected chi connectivity index (χ2v) is 3.78. The van der Waals surface area contributed by atoms with Crippen LogP contribution in [-0.4, -0.2) is 19.6 Å². The Kier molecular flexibility index (Phi) is 5.86. The standard InChI is InChI=1S/C14H19NO2/c1-3-4-8-14(16)15-10-9-12-6-5-7-13(11-12)17-2/h3,5-7,11H,1,4,8-10H2,2H3,(H,15,16). The van der Waals surface area contributed by atoms with Crippen molar-refractivity contribution < 1.29 is 9.53 Å². The summed E-state index contributed by atoms with van der Waals surface area (Å²) in [7, 11) is 1.65. The van der Waals surface area contributed by atoms with Crippen molar-refractivity contribution in [3.8, 4) is 5.75 Å². The van der Waals surface area contributed by atoms with E-state index in [2.05, 4.69) is 11.9 Å². The molecule has 0 saturated carbocycles. The molecule has 0 radical (unpaired) electrons. The van der Waals surface area contributed by atoms with Gasteiger partial charge in [0.25, 0.3) is 0 Å². The van der Waals surface area contributed by atoms with E-state index in [1.54, 1.807) is 13.2 Å². The molecule has 3 nitrogen and oxygen atoms in total. The Hall–Kier alpha value is -1.77. The summed E-state index contributed by atoms with van der Waals surface area (Å²) in [6.45, 7) is 4.24. The van der Waals surface area contributed by atoms with Crippen molar-refractivity contribution in [3.63, 3.8) is 0 Å². The molecule has 0 bridgehead atoms. The van der Waals surface area contributed by atoms with E-state index in [1.165, 1.54) is 0 Å². The summed E-state index contributed by atoms with van der Waals surface area (Å²) in [5, 5.41) is 2.88. The molecule has 0 aromatic heterocycles. The number of amides is 1. The lowest BCUT2D eigenvalue weighted by Gasteiger charge is -2.06. The molecule has 1 aromatic rings. The van der Waals surface area contributed by atoms with Crippen molar-refractivity contribution in [2.75, 3.05) is 13.7 Å². The monoisotopic (exact) mass is 233 g/mol. The van der Waals surface area contributed by atoms with E-state index in [9.17, 15) is 4.79 Å². The van der Waals surface area contributed by atoms with Crippen molar-refractivity contribution in [2.45, 2.75) is 19.3 Å². The molecular formula is C14H19NO2. The third-order valence-corrected chi connectivity index (χ3v) is 2.45. The first-order chi connectivity index (χ1) is 8.26. The quantitative estimate of drug-likeness (QED) is 0.734. The summed E-state index contributed by atoms with van der Waals surface area (Å²) in [5.74, 6) is 0.924. The molecule has 0 heterocycles. The molecule has 1 N–H and O–H groups in total. The van der Waals surface area contributed by atoms with Crippen LogP contribution in [0.3, 0.4) is 0 Å². The van der Waals surface area contributed by atoms with Crippen molar-refractivity contribution in [3.05, 3.63) is 42.5 Å². The number of benzene rings is 1. The molecule has 1 aromatic carbocycles. The normalized spacial score (nSPS) is 9.71. The Morgan fingerprint density at radius 1 is 1.53 bits per heavy atom. The highest BCUT2D eigenvalue weighted by Crippen LogP contribution is 2.12. The summed E-state index contributed by atoms with van der Waals surface area (Å²) < 4.78 is 5.14. The van der Waals surface area contributed by atoms with Crippen molar-refractivity contribution in [1.82, 2.24) is 5.32 Å². The predicted molar refractivity (Wildman–Crippen MR) is 69.1 cm³/mol. The molecule has 0 aliphatic carbocycles. The zero-order valence-electron chi connectivity index (χ0n) is 10.2. The van der Waals surface area contributed by atoms with Gasteiger partial charge in [-0.2, -0.15) is 0 Å². The highest BCUT2D eigenvalue weighted by Gasteiger charge is 2.00.